The van der Waals surface area contributed by atoms with Gasteiger partial charge in [-0.1, -0.05) is 72.6 Å². The molecular formula is C27H33N3O2. The maximum Gasteiger partial charge on any atom is 0.223 e. The largest absolute Gasteiger partial charge is 0.385 e. The standard InChI is InChI=1S/C27H33N3O2/c1-20-28-26(29-32-20)22-13-11-21(12-14-22)19-30-17-15-25(16-18-30)27(31,24-9-5-6-10-24)23-7-3-2-4-8-23/h2-4,7-8,11-14,24-25,31H,5-6,9-10,15-19H2,1H3. The predicted molar refractivity (Wildman–Crippen MR) is 125 cm³/mol. The van der Waals surface area contributed by atoms with Gasteiger partial charge < -0.3 is 9.63 Å². The number of aryl methyl sites for hydroxylation is 1. The normalized spacial score (nSPS) is 20.4. The van der Waals surface area contributed by atoms with Crippen LogP contribution in [0.3, 0.4) is 0 Å². The quantitative estimate of drug-likeness (QED) is 0.571. The van der Waals surface area contributed by atoms with Crippen LogP contribution in [0, 0.1) is 18.8 Å². The monoisotopic (exact) mass is 431 g/mol. The highest BCUT2D eigenvalue weighted by Gasteiger charge is 2.46. The summed E-state index contributed by atoms with van der Waals surface area (Å²) >= 11 is 0. The van der Waals surface area contributed by atoms with Crippen LogP contribution in [-0.2, 0) is 12.1 Å². The Morgan fingerprint density at radius 3 is 2.22 bits per heavy atom. The van der Waals surface area contributed by atoms with Gasteiger partial charge in [0, 0.05) is 19.0 Å². The molecule has 168 valence electrons. The van der Waals surface area contributed by atoms with Crippen LogP contribution in [0.25, 0.3) is 11.4 Å². The summed E-state index contributed by atoms with van der Waals surface area (Å²) < 4.78 is 5.09. The molecule has 2 aromatic carbocycles. The van der Waals surface area contributed by atoms with Crippen LogP contribution >= 0.6 is 0 Å². The maximum atomic E-state index is 12.1. The lowest BCUT2D eigenvalue weighted by atomic mass is 9.68. The number of benzene rings is 2. The predicted octanol–water partition coefficient (Wildman–Crippen LogP) is 5.34. The first kappa shape index (κ1) is 21.4. The molecule has 2 fully saturated rings. The summed E-state index contributed by atoms with van der Waals surface area (Å²) in [5.41, 5.74) is 2.71. The summed E-state index contributed by atoms with van der Waals surface area (Å²) in [4.78, 5) is 6.82. The van der Waals surface area contributed by atoms with Gasteiger partial charge in [0.2, 0.25) is 11.7 Å². The summed E-state index contributed by atoms with van der Waals surface area (Å²) in [5, 5.41) is 16.1. The van der Waals surface area contributed by atoms with Crippen molar-refractivity contribution >= 4 is 0 Å². The van der Waals surface area contributed by atoms with E-state index in [1.54, 1.807) is 6.92 Å². The Bertz CT molecular complexity index is 1000. The third-order valence-electron chi connectivity index (χ3n) is 7.57. The van der Waals surface area contributed by atoms with Crippen LogP contribution in [0.1, 0.15) is 55.5 Å². The first-order chi connectivity index (χ1) is 15.6. The van der Waals surface area contributed by atoms with Gasteiger partial charge in [0.15, 0.2) is 0 Å². The highest BCUT2D eigenvalue weighted by atomic mass is 16.5. The average Bonchev–Trinajstić information content (AvgIpc) is 3.53. The van der Waals surface area contributed by atoms with Crippen LogP contribution in [0.15, 0.2) is 59.1 Å². The number of piperidine rings is 1. The minimum Gasteiger partial charge on any atom is -0.385 e. The zero-order valence-corrected chi connectivity index (χ0v) is 18.9. The Kier molecular flexibility index (Phi) is 6.11. The average molecular weight is 432 g/mol. The van der Waals surface area contributed by atoms with Gasteiger partial charge in [-0.2, -0.15) is 4.98 Å². The molecule has 1 aliphatic heterocycles. The zero-order valence-electron chi connectivity index (χ0n) is 18.9. The second kappa shape index (κ2) is 9.16. The SMILES string of the molecule is Cc1nc(-c2ccc(CN3CCC(C(O)(c4ccccc4)C4CCCC4)CC3)cc2)no1. The fraction of sp³-hybridized carbons (Fsp3) is 0.481. The van der Waals surface area contributed by atoms with Crippen LogP contribution in [0.2, 0.25) is 0 Å². The lowest BCUT2D eigenvalue weighted by Gasteiger charge is -2.45. The molecule has 5 heteroatoms. The first-order valence-corrected chi connectivity index (χ1v) is 12.0. The van der Waals surface area contributed by atoms with E-state index in [1.807, 2.05) is 6.07 Å². The minimum atomic E-state index is -0.686. The summed E-state index contributed by atoms with van der Waals surface area (Å²) in [5.74, 6) is 1.94. The Morgan fingerprint density at radius 1 is 0.938 bits per heavy atom. The Morgan fingerprint density at radius 2 is 1.59 bits per heavy atom. The first-order valence-electron chi connectivity index (χ1n) is 12.0. The molecular weight excluding hydrogens is 398 g/mol. The molecule has 1 unspecified atom stereocenters. The number of likely N-dealkylation sites (tertiary alicyclic amines) is 1. The zero-order chi connectivity index (χ0) is 22.0. The van der Waals surface area contributed by atoms with Crippen molar-refractivity contribution in [1.82, 2.24) is 15.0 Å². The second-order valence-corrected chi connectivity index (χ2v) is 9.56. The Balaban J connectivity index is 1.24. The number of aromatic nitrogens is 2. The van der Waals surface area contributed by atoms with Crippen LogP contribution < -0.4 is 0 Å². The van der Waals surface area contributed by atoms with Crippen LogP contribution in [0.4, 0.5) is 0 Å². The number of hydrogen-bond acceptors (Lipinski definition) is 5. The van der Waals surface area contributed by atoms with E-state index in [-0.39, 0.29) is 0 Å². The molecule has 1 atom stereocenters. The molecule has 0 bridgehead atoms. The van der Waals surface area contributed by atoms with Gasteiger partial charge in [0.1, 0.15) is 0 Å². The Hall–Kier alpha value is -2.50. The van der Waals surface area contributed by atoms with Gasteiger partial charge in [-0.05, 0) is 61.7 Å². The Labute approximate surface area is 190 Å². The fourth-order valence-corrected chi connectivity index (χ4v) is 5.84. The molecule has 1 N–H and O–H groups in total. The van der Waals surface area contributed by atoms with Crippen molar-refractivity contribution in [3.8, 4) is 11.4 Å². The number of rotatable bonds is 6. The molecule has 1 aromatic heterocycles. The molecule has 0 spiro atoms. The third kappa shape index (κ3) is 4.24. The van der Waals surface area contributed by atoms with Crippen LogP contribution in [0.5, 0.6) is 0 Å². The highest BCUT2D eigenvalue weighted by Crippen LogP contribution is 2.48. The molecule has 1 saturated carbocycles. The van der Waals surface area contributed by atoms with Crippen molar-refractivity contribution in [3.63, 3.8) is 0 Å². The smallest absolute Gasteiger partial charge is 0.223 e. The fourth-order valence-electron chi connectivity index (χ4n) is 5.84. The van der Waals surface area contributed by atoms with E-state index in [4.69, 9.17) is 4.52 Å². The molecule has 32 heavy (non-hydrogen) atoms. The topological polar surface area (TPSA) is 62.4 Å². The summed E-state index contributed by atoms with van der Waals surface area (Å²) in [7, 11) is 0. The number of aliphatic hydroxyl groups is 1. The van der Waals surface area contributed by atoms with Crippen molar-refractivity contribution in [1.29, 1.82) is 0 Å². The van der Waals surface area contributed by atoms with Crippen molar-refractivity contribution in [2.24, 2.45) is 11.8 Å². The summed E-state index contributed by atoms with van der Waals surface area (Å²) in [6, 6.07) is 18.9. The van der Waals surface area contributed by atoms with Crippen molar-refractivity contribution in [3.05, 3.63) is 71.6 Å². The molecule has 1 saturated heterocycles. The van der Waals surface area contributed by atoms with Crippen molar-refractivity contribution in [2.45, 2.75) is 57.6 Å². The maximum absolute atomic E-state index is 12.1. The molecule has 2 aliphatic rings. The van der Waals surface area contributed by atoms with Crippen molar-refractivity contribution < 1.29 is 9.63 Å². The van der Waals surface area contributed by atoms with E-state index in [0.717, 1.165) is 56.4 Å². The van der Waals surface area contributed by atoms with E-state index in [9.17, 15) is 5.11 Å². The second-order valence-electron chi connectivity index (χ2n) is 9.56. The lowest BCUT2D eigenvalue weighted by Crippen LogP contribution is -2.47. The number of nitrogens with zero attached hydrogens (tertiary/aromatic N) is 3. The van der Waals surface area contributed by atoms with Crippen LogP contribution in [-0.4, -0.2) is 33.2 Å². The van der Waals surface area contributed by atoms with Crippen molar-refractivity contribution in [2.75, 3.05) is 13.1 Å². The molecule has 0 amide bonds. The van der Waals surface area contributed by atoms with Gasteiger partial charge in [-0.3, -0.25) is 4.90 Å². The number of hydrogen-bond donors (Lipinski definition) is 1. The van der Waals surface area contributed by atoms with Gasteiger partial charge >= 0.3 is 0 Å². The van der Waals surface area contributed by atoms with E-state index >= 15 is 0 Å². The van der Waals surface area contributed by atoms with E-state index in [1.165, 1.54) is 18.4 Å². The lowest BCUT2D eigenvalue weighted by molar-refractivity contribution is -0.0938. The van der Waals surface area contributed by atoms with Gasteiger partial charge in [-0.25, -0.2) is 0 Å². The molecule has 2 heterocycles. The molecule has 5 nitrogen and oxygen atoms in total. The summed E-state index contributed by atoms with van der Waals surface area (Å²) in [6.45, 7) is 4.79. The van der Waals surface area contributed by atoms with E-state index in [2.05, 4.69) is 63.6 Å². The minimum absolute atomic E-state index is 0.327. The van der Waals surface area contributed by atoms with E-state index in [0.29, 0.717) is 23.6 Å². The molecule has 3 aromatic rings. The molecule has 5 rings (SSSR count). The summed E-state index contributed by atoms with van der Waals surface area (Å²) in [6.07, 6.45) is 6.89. The molecule has 0 radical (unpaired) electrons. The van der Waals surface area contributed by atoms with E-state index < -0.39 is 5.60 Å². The van der Waals surface area contributed by atoms with Gasteiger partial charge in [0.05, 0.1) is 5.60 Å². The molecule has 1 aliphatic carbocycles. The van der Waals surface area contributed by atoms with Gasteiger partial charge in [0.25, 0.3) is 0 Å². The highest BCUT2D eigenvalue weighted by molar-refractivity contribution is 5.54. The third-order valence-corrected chi connectivity index (χ3v) is 7.57. The van der Waals surface area contributed by atoms with Gasteiger partial charge in [-0.15, -0.1) is 0 Å².